The number of piperidine rings is 1. The molecular weight excluding hydrogens is 166 g/mol. The highest BCUT2D eigenvalue weighted by atomic mass is 16.1. The van der Waals surface area contributed by atoms with Gasteiger partial charge in [-0.15, -0.1) is 0 Å². The van der Waals surface area contributed by atoms with Crippen LogP contribution in [0.3, 0.4) is 0 Å². The molecule has 13 heavy (non-hydrogen) atoms. The number of fused-ring (bicyclic) bond motifs is 1. The minimum atomic E-state index is -0.202. The highest BCUT2D eigenvalue weighted by molar-refractivity contribution is 5.75. The highest BCUT2D eigenvalue weighted by Gasteiger charge is 2.34. The topological polar surface area (TPSA) is 58.4 Å². The summed E-state index contributed by atoms with van der Waals surface area (Å²) in [5.41, 5.74) is 5.17. The Morgan fingerprint density at radius 3 is 2.92 bits per heavy atom. The highest BCUT2D eigenvalue weighted by Crippen LogP contribution is 2.27. The van der Waals surface area contributed by atoms with Crippen molar-refractivity contribution in [2.75, 3.05) is 32.7 Å². The summed E-state index contributed by atoms with van der Waals surface area (Å²) in [5.74, 6) is 1.33. The molecule has 74 valence electrons. The van der Waals surface area contributed by atoms with E-state index in [1.165, 1.54) is 6.42 Å². The second kappa shape index (κ2) is 3.64. The number of hydrogen-bond donors (Lipinski definition) is 2. The summed E-state index contributed by atoms with van der Waals surface area (Å²) < 4.78 is 0. The van der Waals surface area contributed by atoms with Crippen LogP contribution >= 0.6 is 0 Å². The van der Waals surface area contributed by atoms with Gasteiger partial charge in [0, 0.05) is 13.1 Å². The van der Waals surface area contributed by atoms with Crippen LogP contribution in [-0.2, 0) is 4.79 Å². The molecule has 0 bridgehead atoms. The van der Waals surface area contributed by atoms with Crippen LogP contribution in [0, 0.1) is 11.8 Å². The summed E-state index contributed by atoms with van der Waals surface area (Å²) in [5, 5.41) is 3.39. The molecule has 1 amide bonds. The Hall–Kier alpha value is -0.610. The van der Waals surface area contributed by atoms with E-state index in [0.717, 1.165) is 38.0 Å². The van der Waals surface area contributed by atoms with Crippen LogP contribution in [0.1, 0.15) is 6.42 Å². The van der Waals surface area contributed by atoms with Crippen LogP contribution in [-0.4, -0.2) is 43.5 Å². The van der Waals surface area contributed by atoms with Gasteiger partial charge in [0.05, 0.1) is 6.54 Å². The molecule has 0 saturated carbocycles. The third-order valence-electron chi connectivity index (χ3n) is 3.13. The molecule has 4 nitrogen and oxygen atoms in total. The van der Waals surface area contributed by atoms with Gasteiger partial charge in [0.15, 0.2) is 0 Å². The number of likely N-dealkylation sites (tertiary alicyclic amines) is 1. The summed E-state index contributed by atoms with van der Waals surface area (Å²) in [7, 11) is 0. The number of nitrogens with zero attached hydrogens (tertiary/aromatic N) is 1. The monoisotopic (exact) mass is 183 g/mol. The zero-order valence-corrected chi connectivity index (χ0v) is 7.83. The first kappa shape index (κ1) is 8.97. The van der Waals surface area contributed by atoms with E-state index in [1.807, 2.05) is 0 Å². The summed E-state index contributed by atoms with van der Waals surface area (Å²) in [4.78, 5) is 12.9. The fourth-order valence-electron chi connectivity index (χ4n) is 2.52. The van der Waals surface area contributed by atoms with Crippen LogP contribution in [0.15, 0.2) is 0 Å². The van der Waals surface area contributed by atoms with Crippen molar-refractivity contribution in [1.82, 2.24) is 10.2 Å². The van der Waals surface area contributed by atoms with Crippen molar-refractivity contribution in [2.24, 2.45) is 17.6 Å². The number of carbonyl (C=O) groups excluding carboxylic acids is 1. The summed E-state index contributed by atoms with van der Waals surface area (Å²) >= 11 is 0. The standard InChI is InChI=1S/C9H17N3O/c10-9(13)6-12-4-7-1-2-11-3-8(7)5-12/h7-8,11H,1-6H2,(H2,10,13). The average molecular weight is 183 g/mol. The number of amides is 1. The molecule has 2 fully saturated rings. The lowest BCUT2D eigenvalue weighted by Gasteiger charge is -2.24. The van der Waals surface area contributed by atoms with E-state index in [1.54, 1.807) is 0 Å². The van der Waals surface area contributed by atoms with Gasteiger partial charge < -0.3 is 11.1 Å². The Kier molecular flexibility index (Phi) is 2.51. The molecule has 2 unspecified atom stereocenters. The first-order chi connectivity index (χ1) is 6.25. The average Bonchev–Trinajstić information content (AvgIpc) is 2.44. The van der Waals surface area contributed by atoms with E-state index < -0.39 is 0 Å². The van der Waals surface area contributed by atoms with Crippen LogP contribution in [0.2, 0.25) is 0 Å². The first-order valence-electron chi connectivity index (χ1n) is 4.97. The summed E-state index contributed by atoms with van der Waals surface area (Å²) in [6.45, 7) is 4.79. The lowest BCUT2D eigenvalue weighted by atomic mass is 9.90. The molecule has 0 spiro atoms. The number of nitrogens with one attached hydrogen (secondary N) is 1. The van der Waals surface area contributed by atoms with E-state index in [4.69, 9.17) is 5.73 Å². The molecule has 0 radical (unpaired) electrons. The molecule has 4 heteroatoms. The van der Waals surface area contributed by atoms with Gasteiger partial charge in [-0.2, -0.15) is 0 Å². The van der Waals surface area contributed by atoms with Crippen molar-refractivity contribution in [3.63, 3.8) is 0 Å². The van der Waals surface area contributed by atoms with E-state index >= 15 is 0 Å². The molecule has 3 N–H and O–H groups in total. The van der Waals surface area contributed by atoms with Crippen LogP contribution in [0.4, 0.5) is 0 Å². The molecule has 0 aromatic heterocycles. The number of nitrogens with two attached hydrogens (primary N) is 1. The molecule has 2 aliphatic heterocycles. The van der Waals surface area contributed by atoms with Crippen molar-refractivity contribution < 1.29 is 4.79 Å². The minimum absolute atomic E-state index is 0.202. The summed E-state index contributed by atoms with van der Waals surface area (Å²) in [6, 6.07) is 0. The minimum Gasteiger partial charge on any atom is -0.369 e. The van der Waals surface area contributed by atoms with E-state index in [0.29, 0.717) is 6.54 Å². The SMILES string of the molecule is NC(=O)CN1CC2CCNCC2C1. The lowest BCUT2D eigenvalue weighted by Crippen LogP contribution is -2.35. The van der Waals surface area contributed by atoms with Gasteiger partial charge in [0.25, 0.3) is 0 Å². The van der Waals surface area contributed by atoms with Crippen molar-refractivity contribution in [1.29, 1.82) is 0 Å². The Morgan fingerprint density at radius 1 is 1.46 bits per heavy atom. The predicted octanol–water partition coefficient (Wildman–Crippen LogP) is -0.987. The largest absolute Gasteiger partial charge is 0.369 e. The lowest BCUT2D eigenvalue weighted by molar-refractivity contribution is -0.118. The van der Waals surface area contributed by atoms with Gasteiger partial charge in [-0.05, 0) is 31.3 Å². The number of primary amides is 1. The normalized spacial score (nSPS) is 34.5. The van der Waals surface area contributed by atoms with Gasteiger partial charge >= 0.3 is 0 Å². The van der Waals surface area contributed by atoms with Crippen molar-refractivity contribution in [3.05, 3.63) is 0 Å². The molecule has 0 aromatic carbocycles. The maximum atomic E-state index is 10.7. The molecule has 0 aliphatic carbocycles. The Labute approximate surface area is 78.5 Å². The fourth-order valence-corrected chi connectivity index (χ4v) is 2.52. The van der Waals surface area contributed by atoms with Crippen LogP contribution in [0.25, 0.3) is 0 Å². The van der Waals surface area contributed by atoms with Crippen LogP contribution < -0.4 is 11.1 Å². The molecule has 0 aromatic rings. The molecule has 2 aliphatic rings. The Bertz CT molecular complexity index is 193. The van der Waals surface area contributed by atoms with E-state index in [9.17, 15) is 4.79 Å². The van der Waals surface area contributed by atoms with Crippen molar-refractivity contribution >= 4 is 5.91 Å². The fraction of sp³-hybridized carbons (Fsp3) is 0.889. The number of rotatable bonds is 2. The zero-order valence-electron chi connectivity index (χ0n) is 7.83. The second-order valence-corrected chi connectivity index (χ2v) is 4.17. The molecule has 2 saturated heterocycles. The predicted molar refractivity (Wildman–Crippen MR) is 50.1 cm³/mol. The smallest absolute Gasteiger partial charge is 0.231 e. The quantitative estimate of drug-likeness (QED) is 0.578. The number of hydrogen-bond acceptors (Lipinski definition) is 3. The Balaban J connectivity index is 1.87. The third-order valence-corrected chi connectivity index (χ3v) is 3.13. The Morgan fingerprint density at radius 2 is 2.23 bits per heavy atom. The summed E-state index contributed by atoms with van der Waals surface area (Å²) in [6.07, 6.45) is 1.25. The second-order valence-electron chi connectivity index (χ2n) is 4.17. The third kappa shape index (κ3) is 2.00. The van der Waals surface area contributed by atoms with Gasteiger partial charge in [-0.3, -0.25) is 9.69 Å². The maximum absolute atomic E-state index is 10.7. The van der Waals surface area contributed by atoms with Crippen molar-refractivity contribution in [2.45, 2.75) is 6.42 Å². The van der Waals surface area contributed by atoms with Gasteiger partial charge in [0.2, 0.25) is 5.91 Å². The van der Waals surface area contributed by atoms with E-state index in [-0.39, 0.29) is 5.91 Å². The molecular formula is C9H17N3O. The molecule has 2 rings (SSSR count). The van der Waals surface area contributed by atoms with Crippen LogP contribution in [0.5, 0.6) is 0 Å². The maximum Gasteiger partial charge on any atom is 0.231 e. The van der Waals surface area contributed by atoms with Gasteiger partial charge in [0.1, 0.15) is 0 Å². The first-order valence-corrected chi connectivity index (χ1v) is 4.97. The van der Waals surface area contributed by atoms with Gasteiger partial charge in [-0.1, -0.05) is 0 Å². The van der Waals surface area contributed by atoms with Gasteiger partial charge in [-0.25, -0.2) is 0 Å². The number of carbonyl (C=O) groups is 1. The zero-order chi connectivity index (χ0) is 9.26. The molecule has 2 atom stereocenters. The van der Waals surface area contributed by atoms with Crippen molar-refractivity contribution in [3.8, 4) is 0 Å². The van der Waals surface area contributed by atoms with E-state index in [2.05, 4.69) is 10.2 Å². The molecule has 2 heterocycles.